The Morgan fingerprint density at radius 2 is 1.61 bits per heavy atom. The van der Waals surface area contributed by atoms with Crippen LogP contribution in [0.2, 0.25) is 0 Å². The van der Waals surface area contributed by atoms with Crippen molar-refractivity contribution in [2.45, 2.75) is 24.9 Å². The topological polar surface area (TPSA) is 102 Å². The fourth-order valence-corrected chi connectivity index (χ4v) is 5.17. The molecule has 1 fully saturated rings. The quantitative estimate of drug-likeness (QED) is 0.295. The van der Waals surface area contributed by atoms with Gasteiger partial charge >= 0.3 is 0 Å². The number of methoxy groups -OCH3 is 2. The van der Waals surface area contributed by atoms with E-state index in [9.17, 15) is 19.7 Å². The van der Waals surface area contributed by atoms with Gasteiger partial charge in [-0.3, -0.25) is 24.6 Å². The van der Waals surface area contributed by atoms with Gasteiger partial charge < -0.3 is 9.47 Å². The van der Waals surface area contributed by atoms with Crippen molar-refractivity contribution in [1.29, 1.82) is 0 Å². The van der Waals surface area contributed by atoms with Crippen LogP contribution in [0.15, 0.2) is 66.7 Å². The highest BCUT2D eigenvalue weighted by molar-refractivity contribution is 6.22. The van der Waals surface area contributed by atoms with E-state index >= 15 is 0 Å². The van der Waals surface area contributed by atoms with E-state index in [1.807, 2.05) is 23.1 Å². The Morgan fingerprint density at radius 3 is 2.25 bits per heavy atom. The number of nitrogens with zero attached hydrogens (tertiary/aromatic N) is 3. The molecule has 184 valence electrons. The van der Waals surface area contributed by atoms with Crippen LogP contribution in [0, 0.1) is 10.1 Å². The number of carbonyl (C=O) groups is 2. The van der Waals surface area contributed by atoms with E-state index in [4.69, 9.17) is 9.47 Å². The maximum atomic E-state index is 13.6. The summed E-state index contributed by atoms with van der Waals surface area (Å²) in [4.78, 5) is 40.7. The van der Waals surface area contributed by atoms with E-state index in [0.29, 0.717) is 30.2 Å². The minimum Gasteiger partial charge on any atom is -0.493 e. The zero-order chi connectivity index (χ0) is 25.4. The monoisotopic (exact) mass is 487 g/mol. The van der Waals surface area contributed by atoms with Gasteiger partial charge in [-0.2, -0.15) is 0 Å². The van der Waals surface area contributed by atoms with Crippen molar-refractivity contribution in [2.24, 2.45) is 0 Å². The van der Waals surface area contributed by atoms with Gasteiger partial charge in [-0.25, -0.2) is 4.90 Å². The third-order valence-corrected chi connectivity index (χ3v) is 6.87. The molecule has 9 nitrogen and oxygen atoms in total. The minimum atomic E-state index is -0.667. The number of hydrogen-bond donors (Lipinski definition) is 0. The first-order chi connectivity index (χ1) is 17.4. The van der Waals surface area contributed by atoms with Crippen LogP contribution in [0.4, 0.5) is 11.4 Å². The van der Waals surface area contributed by atoms with E-state index in [1.54, 1.807) is 50.6 Å². The lowest BCUT2D eigenvalue weighted by atomic mass is 9.86. The molecule has 36 heavy (non-hydrogen) atoms. The summed E-state index contributed by atoms with van der Waals surface area (Å²) in [6.45, 7) is 0.524. The molecule has 2 aliphatic rings. The second-order valence-corrected chi connectivity index (χ2v) is 8.77. The van der Waals surface area contributed by atoms with Crippen LogP contribution in [-0.2, 0) is 16.0 Å². The Balaban J connectivity index is 1.59. The maximum Gasteiger partial charge on any atom is 0.269 e. The number of nitro groups is 1. The zero-order valence-corrected chi connectivity index (χ0v) is 19.9. The number of benzene rings is 3. The molecule has 3 aromatic rings. The molecule has 3 aromatic carbocycles. The van der Waals surface area contributed by atoms with Gasteiger partial charge in [-0.05, 0) is 47.4 Å². The first-order valence-corrected chi connectivity index (χ1v) is 11.6. The molecular formula is C27H25N3O6. The third-order valence-electron chi connectivity index (χ3n) is 6.87. The summed E-state index contributed by atoms with van der Waals surface area (Å²) in [6, 6.07) is 18.0. The number of fused-ring (bicyclic) bond motifs is 1. The molecule has 2 heterocycles. The van der Waals surface area contributed by atoms with Gasteiger partial charge in [0.1, 0.15) is 0 Å². The van der Waals surface area contributed by atoms with Crippen LogP contribution in [0.1, 0.15) is 29.2 Å². The average Bonchev–Trinajstić information content (AvgIpc) is 3.20. The molecule has 9 heteroatoms. The highest BCUT2D eigenvalue weighted by Crippen LogP contribution is 2.43. The average molecular weight is 488 g/mol. The van der Waals surface area contributed by atoms with Crippen LogP contribution in [0.3, 0.4) is 0 Å². The predicted octanol–water partition coefficient (Wildman–Crippen LogP) is 3.89. The number of non-ortho nitro benzene ring substituents is 1. The fraction of sp³-hybridized carbons (Fsp3) is 0.259. The first kappa shape index (κ1) is 23.5. The molecule has 2 atom stereocenters. The molecule has 5 rings (SSSR count). The molecule has 0 spiro atoms. The zero-order valence-electron chi connectivity index (χ0n) is 19.9. The number of amides is 2. The normalized spacial score (nSPS) is 19.8. The Bertz CT molecular complexity index is 1330. The largest absolute Gasteiger partial charge is 0.493 e. The second-order valence-electron chi connectivity index (χ2n) is 8.77. The van der Waals surface area contributed by atoms with Crippen molar-refractivity contribution in [2.75, 3.05) is 25.7 Å². The Kier molecular flexibility index (Phi) is 6.15. The first-order valence-electron chi connectivity index (χ1n) is 11.6. The van der Waals surface area contributed by atoms with Gasteiger partial charge in [-0.15, -0.1) is 0 Å². The van der Waals surface area contributed by atoms with Crippen LogP contribution in [0.5, 0.6) is 11.5 Å². The van der Waals surface area contributed by atoms with E-state index in [-0.39, 0.29) is 23.9 Å². The van der Waals surface area contributed by atoms with E-state index in [2.05, 4.69) is 0 Å². The van der Waals surface area contributed by atoms with Crippen molar-refractivity contribution >= 4 is 23.2 Å². The fourth-order valence-electron chi connectivity index (χ4n) is 5.17. The lowest BCUT2D eigenvalue weighted by Crippen LogP contribution is -2.47. The van der Waals surface area contributed by atoms with Crippen LogP contribution < -0.4 is 14.4 Å². The number of hydrogen-bond acceptors (Lipinski definition) is 7. The van der Waals surface area contributed by atoms with Crippen molar-refractivity contribution in [3.63, 3.8) is 0 Å². The smallest absolute Gasteiger partial charge is 0.269 e. The summed E-state index contributed by atoms with van der Waals surface area (Å²) in [5, 5.41) is 11.2. The number of imide groups is 1. The molecular weight excluding hydrogens is 462 g/mol. The molecule has 2 amide bonds. The Morgan fingerprint density at radius 1 is 0.944 bits per heavy atom. The van der Waals surface area contributed by atoms with Crippen molar-refractivity contribution in [3.05, 3.63) is 93.5 Å². The number of carbonyl (C=O) groups excluding carboxylic acids is 2. The van der Waals surface area contributed by atoms with Crippen LogP contribution in [0.25, 0.3) is 0 Å². The third kappa shape index (κ3) is 3.97. The molecule has 0 aromatic heterocycles. The van der Waals surface area contributed by atoms with Crippen LogP contribution in [-0.4, -0.2) is 48.4 Å². The van der Waals surface area contributed by atoms with E-state index in [1.165, 1.54) is 17.0 Å². The molecule has 0 saturated carbocycles. The van der Waals surface area contributed by atoms with Gasteiger partial charge in [0.25, 0.3) is 11.6 Å². The summed E-state index contributed by atoms with van der Waals surface area (Å²) in [7, 11) is 3.14. The Hall–Kier alpha value is -4.24. The summed E-state index contributed by atoms with van der Waals surface area (Å²) >= 11 is 0. The Labute approximate surface area is 208 Å². The number of rotatable bonds is 6. The summed E-state index contributed by atoms with van der Waals surface area (Å²) in [5.74, 6) is 0.623. The van der Waals surface area contributed by atoms with Gasteiger partial charge in [-0.1, -0.05) is 30.3 Å². The van der Waals surface area contributed by atoms with Crippen molar-refractivity contribution in [3.8, 4) is 11.5 Å². The van der Waals surface area contributed by atoms with Gasteiger partial charge in [0.2, 0.25) is 5.91 Å². The minimum absolute atomic E-state index is 0.0176. The molecule has 0 aliphatic carbocycles. The SMILES string of the molecule is COc1cc2c(cc1OC)[C@@H](c1ccc([N+](=O)[O-])cc1)N([C@@H]1CC(=O)N(c3ccccc3)C1=O)CC2. The lowest BCUT2D eigenvalue weighted by Gasteiger charge is -2.40. The van der Waals surface area contributed by atoms with Crippen LogP contribution >= 0.6 is 0 Å². The molecule has 1 saturated heterocycles. The van der Waals surface area contributed by atoms with Gasteiger partial charge in [0.05, 0.1) is 43.3 Å². The number of para-hydroxylation sites is 1. The molecule has 0 bridgehead atoms. The van der Waals surface area contributed by atoms with Gasteiger partial charge in [0.15, 0.2) is 11.5 Å². The van der Waals surface area contributed by atoms with Crippen molar-refractivity contribution < 1.29 is 24.0 Å². The summed E-state index contributed by atoms with van der Waals surface area (Å²) in [6.07, 6.45) is 0.697. The predicted molar refractivity (Wildman–Crippen MR) is 132 cm³/mol. The lowest BCUT2D eigenvalue weighted by molar-refractivity contribution is -0.384. The molecule has 0 radical (unpaired) electrons. The second kappa shape index (κ2) is 9.43. The van der Waals surface area contributed by atoms with Gasteiger partial charge in [0, 0.05) is 18.7 Å². The number of nitro benzene ring substituents is 1. The highest BCUT2D eigenvalue weighted by atomic mass is 16.6. The number of ether oxygens (including phenoxy) is 2. The molecule has 0 N–H and O–H groups in total. The summed E-state index contributed by atoms with van der Waals surface area (Å²) in [5.41, 5.74) is 3.25. The van der Waals surface area contributed by atoms with E-state index in [0.717, 1.165) is 16.7 Å². The molecule has 2 aliphatic heterocycles. The standard InChI is InChI=1S/C27H25N3O6/c1-35-23-14-18-12-13-28(22-16-25(31)29(27(22)32)19-6-4-3-5-7-19)26(21(18)15-24(23)36-2)17-8-10-20(11-9-17)30(33)34/h3-11,14-15,22,26H,12-13,16H2,1-2H3/t22-,26-/m1/s1. The van der Waals surface area contributed by atoms with Crippen molar-refractivity contribution in [1.82, 2.24) is 4.90 Å². The summed E-state index contributed by atoms with van der Waals surface area (Å²) < 4.78 is 11.0. The molecule has 0 unspecified atom stereocenters. The number of anilines is 1. The van der Waals surface area contributed by atoms with E-state index < -0.39 is 17.0 Å². The highest BCUT2D eigenvalue weighted by Gasteiger charge is 2.46. The maximum absolute atomic E-state index is 13.6.